The lowest BCUT2D eigenvalue weighted by atomic mass is 10.1. The minimum absolute atomic E-state index is 0.0740. The number of allylic oxidation sites excluding steroid dienone is 3. The van der Waals surface area contributed by atoms with Gasteiger partial charge in [0.2, 0.25) is 0 Å². The van der Waals surface area contributed by atoms with Crippen LogP contribution in [0.25, 0.3) is 5.76 Å². The van der Waals surface area contributed by atoms with Crippen LogP contribution in [0.5, 0.6) is 0 Å². The Morgan fingerprint density at radius 1 is 1.25 bits per heavy atom. The Balaban J connectivity index is 2.52. The largest absolute Gasteiger partial charge is 0.868 e. The lowest BCUT2D eigenvalue weighted by Gasteiger charge is -2.19. The van der Waals surface area contributed by atoms with Crippen molar-refractivity contribution >= 4 is 11.5 Å². The SMILES string of the molecule is C=C/C=C/C(=C(/[O-])c1ccccc1)[N+]1=C(C)CCCC1. The van der Waals surface area contributed by atoms with Gasteiger partial charge in [0, 0.05) is 25.8 Å². The Bertz CT molecular complexity index is 564. The van der Waals surface area contributed by atoms with Gasteiger partial charge in [-0.3, -0.25) is 0 Å². The van der Waals surface area contributed by atoms with Gasteiger partial charge in [0.25, 0.3) is 0 Å². The van der Waals surface area contributed by atoms with Gasteiger partial charge in [-0.2, -0.15) is 0 Å². The Morgan fingerprint density at radius 3 is 2.65 bits per heavy atom. The first kappa shape index (κ1) is 14.3. The summed E-state index contributed by atoms with van der Waals surface area (Å²) in [6.07, 6.45) is 8.81. The van der Waals surface area contributed by atoms with Gasteiger partial charge in [0.15, 0.2) is 11.4 Å². The van der Waals surface area contributed by atoms with Gasteiger partial charge >= 0.3 is 0 Å². The highest BCUT2D eigenvalue weighted by atomic mass is 16.3. The quantitative estimate of drug-likeness (QED) is 0.467. The molecule has 2 heteroatoms. The molecule has 0 aliphatic carbocycles. The Labute approximate surface area is 121 Å². The van der Waals surface area contributed by atoms with E-state index >= 15 is 0 Å². The molecular formula is C18H21NO. The molecule has 0 radical (unpaired) electrons. The third-order valence-corrected chi connectivity index (χ3v) is 3.58. The van der Waals surface area contributed by atoms with Crippen LogP contribution in [0.1, 0.15) is 31.7 Å². The zero-order chi connectivity index (χ0) is 14.4. The summed E-state index contributed by atoms with van der Waals surface area (Å²) < 4.78 is 2.15. The molecule has 20 heavy (non-hydrogen) atoms. The third kappa shape index (κ3) is 3.27. The summed E-state index contributed by atoms with van der Waals surface area (Å²) in [6, 6.07) is 9.45. The average molecular weight is 267 g/mol. The van der Waals surface area contributed by atoms with E-state index in [1.165, 1.54) is 12.1 Å². The molecule has 104 valence electrons. The molecule has 0 bridgehead atoms. The second-order valence-electron chi connectivity index (χ2n) is 5.02. The maximum absolute atomic E-state index is 12.7. The Kier molecular flexibility index (Phi) is 4.94. The number of hydrogen-bond donors (Lipinski definition) is 0. The van der Waals surface area contributed by atoms with Crippen LogP contribution in [0.15, 0.2) is 60.8 Å². The molecule has 2 rings (SSSR count). The van der Waals surface area contributed by atoms with Crippen molar-refractivity contribution in [1.29, 1.82) is 0 Å². The molecule has 1 aliphatic heterocycles. The highest BCUT2D eigenvalue weighted by molar-refractivity contribution is 5.78. The summed E-state index contributed by atoms with van der Waals surface area (Å²) >= 11 is 0. The van der Waals surface area contributed by atoms with Gasteiger partial charge in [-0.1, -0.05) is 49.1 Å². The summed E-state index contributed by atoms with van der Waals surface area (Å²) in [6.45, 7) is 6.72. The van der Waals surface area contributed by atoms with Crippen LogP contribution >= 0.6 is 0 Å². The predicted octanol–water partition coefficient (Wildman–Crippen LogP) is 3.12. The summed E-state index contributed by atoms with van der Waals surface area (Å²) in [5.41, 5.74) is 2.74. The molecule has 0 atom stereocenters. The van der Waals surface area contributed by atoms with E-state index in [0.717, 1.165) is 30.6 Å². The smallest absolute Gasteiger partial charge is 0.197 e. The van der Waals surface area contributed by atoms with Gasteiger partial charge in [0.1, 0.15) is 6.54 Å². The van der Waals surface area contributed by atoms with E-state index in [1.54, 1.807) is 6.08 Å². The zero-order valence-electron chi connectivity index (χ0n) is 12.0. The molecule has 0 unspecified atom stereocenters. The van der Waals surface area contributed by atoms with E-state index in [-0.39, 0.29) is 5.76 Å². The van der Waals surface area contributed by atoms with Gasteiger partial charge in [0.05, 0.1) is 0 Å². The van der Waals surface area contributed by atoms with Gasteiger partial charge < -0.3 is 5.11 Å². The summed E-state index contributed by atoms with van der Waals surface area (Å²) in [4.78, 5) is 0. The lowest BCUT2D eigenvalue weighted by molar-refractivity contribution is -0.483. The summed E-state index contributed by atoms with van der Waals surface area (Å²) in [7, 11) is 0. The molecule has 0 fully saturated rings. The van der Waals surface area contributed by atoms with E-state index in [9.17, 15) is 5.11 Å². The lowest BCUT2D eigenvalue weighted by Crippen LogP contribution is -2.26. The minimum Gasteiger partial charge on any atom is -0.868 e. The molecule has 2 nitrogen and oxygen atoms in total. The molecule has 1 aromatic rings. The summed E-state index contributed by atoms with van der Waals surface area (Å²) in [5, 5.41) is 12.7. The van der Waals surface area contributed by atoms with Crippen LogP contribution in [0.2, 0.25) is 0 Å². The van der Waals surface area contributed by atoms with Crippen LogP contribution in [0, 0.1) is 0 Å². The maximum atomic E-state index is 12.7. The van der Waals surface area contributed by atoms with Crippen molar-refractivity contribution in [3.05, 3.63) is 66.4 Å². The molecule has 0 amide bonds. The van der Waals surface area contributed by atoms with Crippen LogP contribution in [-0.2, 0) is 0 Å². The highest BCUT2D eigenvalue weighted by Crippen LogP contribution is 2.19. The topological polar surface area (TPSA) is 26.1 Å². The van der Waals surface area contributed by atoms with Crippen molar-refractivity contribution in [1.82, 2.24) is 0 Å². The second-order valence-corrected chi connectivity index (χ2v) is 5.02. The number of rotatable bonds is 4. The standard InChI is InChI=1S/C18H21NO/c1-3-4-13-17(19-14-9-8-10-15(19)2)18(20)16-11-6-5-7-12-16/h3-7,11-13H,1,8-10,14H2,2H3/b13-4+,18-17-. The molecule has 0 aromatic heterocycles. The number of benzene rings is 1. The van der Waals surface area contributed by atoms with Gasteiger partial charge in [-0.05, 0) is 17.7 Å². The van der Waals surface area contributed by atoms with Crippen molar-refractivity contribution in [2.75, 3.05) is 6.54 Å². The maximum Gasteiger partial charge on any atom is 0.197 e. The first-order valence-electron chi connectivity index (χ1n) is 7.10. The van der Waals surface area contributed by atoms with E-state index < -0.39 is 0 Å². The van der Waals surface area contributed by atoms with Crippen LogP contribution in [0.4, 0.5) is 0 Å². The Hall–Kier alpha value is -2.09. The number of nitrogens with zero attached hydrogens (tertiary/aromatic N) is 1. The van der Waals surface area contributed by atoms with Crippen molar-refractivity contribution in [2.24, 2.45) is 0 Å². The molecule has 0 saturated heterocycles. The normalized spacial score (nSPS) is 17.2. The van der Waals surface area contributed by atoms with Crippen molar-refractivity contribution < 1.29 is 9.68 Å². The monoisotopic (exact) mass is 267 g/mol. The molecule has 0 N–H and O–H groups in total. The fourth-order valence-corrected chi connectivity index (χ4v) is 2.49. The number of hydrogen-bond acceptors (Lipinski definition) is 1. The summed E-state index contributed by atoms with van der Waals surface area (Å²) in [5.74, 6) is 0.0740. The molecule has 0 saturated carbocycles. The molecule has 1 aromatic carbocycles. The molecule has 0 spiro atoms. The van der Waals surface area contributed by atoms with Crippen molar-refractivity contribution in [2.45, 2.75) is 26.2 Å². The van der Waals surface area contributed by atoms with Crippen LogP contribution in [-0.4, -0.2) is 16.8 Å². The van der Waals surface area contributed by atoms with Crippen molar-refractivity contribution in [3.8, 4) is 0 Å². The zero-order valence-corrected chi connectivity index (χ0v) is 12.0. The fourth-order valence-electron chi connectivity index (χ4n) is 2.49. The first-order valence-corrected chi connectivity index (χ1v) is 7.10. The van der Waals surface area contributed by atoms with E-state index in [0.29, 0.717) is 0 Å². The predicted molar refractivity (Wildman–Crippen MR) is 82.4 cm³/mol. The average Bonchev–Trinajstić information content (AvgIpc) is 2.50. The minimum atomic E-state index is 0.0740. The van der Waals surface area contributed by atoms with E-state index in [4.69, 9.17) is 0 Å². The van der Waals surface area contributed by atoms with Gasteiger partial charge in [-0.15, -0.1) is 0 Å². The third-order valence-electron chi connectivity index (χ3n) is 3.58. The van der Waals surface area contributed by atoms with Crippen molar-refractivity contribution in [3.63, 3.8) is 0 Å². The Morgan fingerprint density at radius 2 is 2.00 bits per heavy atom. The molecular weight excluding hydrogens is 246 g/mol. The van der Waals surface area contributed by atoms with E-state index in [1.807, 2.05) is 42.5 Å². The molecule has 1 aliphatic rings. The fraction of sp³-hybridized carbons (Fsp3) is 0.278. The first-order chi connectivity index (χ1) is 9.74. The second kappa shape index (κ2) is 6.90. The molecule has 1 heterocycles. The van der Waals surface area contributed by atoms with Gasteiger partial charge in [-0.25, -0.2) is 4.58 Å². The highest BCUT2D eigenvalue weighted by Gasteiger charge is 2.20. The van der Waals surface area contributed by atoms with Crippen LogP contribution in [0.3, 0.4) is 0 Å². The van der Waals surface area contributed by atoms with Crippen LogP contribution < -0.4 is 5.11 Å². The van der Waals surface area contributed by atoms with E-state index in [2.05, 4.69) is 18.1 Å².